The van der Waals surface area contributed by atoms with E-state index in [1.165, 1.54) is 51.4 Å². The van der Waals surface area contributed by atoms with E-state index in [1.807, 2.05) is 0 Å². The topological polar surface area (TPSA) is 19.9 Å². The Kier molecular flexibility index (Phi) is 11.8. The lowest BCUT2D eigenvalue weighted by Crippen LogP contribution is -1.80. The van der Waals surface area contributed by atoms with E-state index in [9.17, 15) is 5.11 Å². The molecule has 0 aromatic heterocycles. The average Bonchev–Trinajstić information content (AvgIpc) is 2.21. The molecule has 1 heteroatoms. The van der Waals surface area contributed by atoms with Crippen LogP contribution in [0.5, 0.6) is 0 Å². The Morgan fingerprint density at radius 2 is 1.29 bits per heavy atom. The van der Waals surface area contributed by atoms with Crippen LogP contribution in [0.3, 0.4) is 0 Å². The molecule has 0 heterocycles. The molecule has 0 aliphatic carbocycles. The van der Waals surface area contributed by atoms with Gasteiger partial charge in [-0.3, -0.25) is 0 Å². The van der Waals surface area contributed by atoms with Gasteiger partial charge in [0.05, 0.1) is 0 Å². The molecule has 0 aliphatic heterocycles. The van der Waals surface area contributed by atoms with E-state index in [-0.39, 0.29) is 0 Å². The molecular formula is C13H23O. The molecule has 14 heavy (non-hydrogen) atoms. The molecule has 0 atom stereocenters. The van der Waals surface area contributed by atoms with Crippen LogP contribution in [-0.4, -0.2) is 0 Å². The maximum atomic E-state index is 9.80. The van der Waals surface area contributed by atoms with Gasteiger partial charge in [0.2, 0.25) is 0 Å². The Morgan fingerprint density at radius 3 is 1.79 bits per heavy atom. The van der Waals surface area contributed by atoms with Crippen LogP contribution >= 0.6 is 0 Å². The summed E-state index contributed by atoms with van der Waals surface area (Å²) in [6.07, 6.45) is 14.4. The summed E-state index contributed by atoms with van der Waals surface area (Å²) in [5, 5.41) is 9.80. The summed E-state index contributed by atoms with van der Waals surface area (Å²) in [4.78, 5) is 0. The molecular weight excluding hydrogens is 172 g/mol. The normalized spacial score (nSPS) is 9.50. The standard InChI is InChI=1S/C13H23O/c1-2-3-4-5-6-7-8-9-10-11-12-13-14/h2-11H2,1H3. The Labute approximate surface area is 88.9 Å². The summed E-state index contributed by atoms with van der Waals surface area (Å²) >= 11 is 0. The highest BCUT2D eigenvalue weighted by Crippen LogP contribution is 2.09. The minimum absolute atomic E-state index is 0.791. The molecule has 0 aromatic carbocycles. The molecule has 0 rings (SSSR count). The molecule has 0 aromatic rings. The van der Waals surface area contributed by atoms with Crippen molar-refractivity contribution in [2.45, 2.75) is 71.1 Å². The second-order valence-corrected chi connectivity index (χ2v) is 3.86. The minimum atomic E-state index is 0.791. The van der Waals surface area contributed by atoms with E-state index in [4.69, 9.17) is 0 Å². The third kappa shape index (κ3) is 11.4. The first-order chi connectivity index (χ1) is 6.91. The van der Waals surface area contributed by atoms with Crippen LogP contribution in [0.4, 0.5) is 0 Å². The van der Waals surface area contributed by atoms with Crippen LogP contribution in [0.2, 0.25) is 0 Å². The Morgan fingerprint density at radius 1 is 0.786 bits per heavy atom. The van der Waals surface area contributed by atoms with E-state index in [1.54, 1.807) is 6.11 Å². The monoisotopic (exact) mass is 195 g/mol. The Balaban J connectivity index is 2.87. The molecule has 0 bridgehead atoms. The van der Waals surface area contributed by atoms with Crippen molar-refractivity contribution in [2.24, 2.45) is 0 Å². The second-order valence-electron chi connectivity index (χ2n) is 3.86. The van der Waals surface area contributed by atoms with E-state index in [2.05, 4.69) is 12.8 Å². The molecule has 0 spiro atoms. The van der Waals surface area contributed by atoms with Crippen molar-refractivity contribution in [3.8, 4) is 12.0 Å². The molecule has 0 N–H and O–H groups in total. The van der Waals surface area contributed by atoms with Gasteiger partial charge in [0.1, 0.15) is 0 Å². The van der Waals surface area contributed by atoms with Crippen LogP contribution in [0.1, 0.15) is 71.1 Å². The van der Waals surface area contributed by atoms with E-state index in [0.29, 0.717) is 0 Å². The van der Waals surface area contributed by atoms with Crippen LogP contribution in [-0.2, 0) is 5.11 Å². The highest BCUT2D eigenvalue weighted by Gasteiger charge is 1.90. The van der Waals surface area contributed by atoms with Crippen molar-refractivity contribution in [2.75, 3.05) is 0 Å². The van der Waals surface area contributed by atoms with Crippen molar-refractivity contribution >= 4 is 0 Å². The fourth-order valence-electron chi connectivity index (χ4n) is 1.58. The van der Waals surface area contributed by atoms with Crippen molar-refractivity contribution in [3.63, 3.8) is 0 Å². The average molecular weight is 195 g/mol. The zero-order valence-electron chi connectivity index (χ0n) is 9.48. The van der Waals surface area contributed by atoms with E-state index in [0.717, 1.165) is 12.8 Å². The molecule has 81 valence electrons. The third-order valence-electron chi connectivity index (χ3n) is 2.48. The number of hydrogen-bond donors (Lipinski definition) is 0. The molecule has 0 aliphatic rings. The molecule has 1 nitrogen and oxygen atoms in total. The smallest absolute Gasteiger partial charge is 0.172 e. The summed E-state index contributed by atoms with van der Waals surface area (Å²) in [6.45, 7) is 2.25. The third-order valence-corrected chi connectivity index (χ3v) is 2.48. The molecule has 0 saturated carbocycles. The lowest BCUT2D eigenvalue weighted by molar-refractivity contribution is 0.391. The Bertz CT molecular complexity index is 152. The maximum Gasteiger partial charge on any atom is 0.172 e. The van der Waals surface area contributed by atoms with Gasteiger partial charge in [0, 0.05) is 6.42 Å². The van der Waals surface area contributed by atoms with E-state index < -0.39 is 0 Å². The zero-order chi connectivity index (χ0) is 10.5. The van der Waals surface area contributed by atoms with E-state index >= 15 is 0 Å². The number of rotatable bonds is 9. The highest BCUT2D eigenvalue weighted by molar-refractivity contribution is 4.88. The summed E-state index contributed by atoms with van der Waals surface area (Å²) < 4.78 is 0. The first-order valence-corrected chi connectivity index (χ1v) is 6.01. The molecule has 0 saturated heterocycles. The van der Waals surface area contributed by atoms with Gasteiger partial charge in [0.15, 0.2) is 6.11 Å². The largest absolute Gasteiger partial charge is 0.224 e. The fourth-order valence-corrected chi connectivity index (χ4v) is 1.58. The zero-order valence-corrected chi connectivity index (χ0v) is 9.48. The summed E-state index contributed by atoms with van der Waals surface area (Å²) in [7, 11) is 0. The van der Waals surface area contributed by atoms with Gasteiger partial charge in [-0.25, -0.2) is 5.11 Å². The van der Waals surface area contributed by atoms with Crippen LogP contribution in [0, 0.1) is 12.0 Å². The number of unbranched alkanes of at least 4 members (excludes halogenated alkanes) is 9. The van der Waals surface area contributed by atoms with Crippen LogP contribution < -0.4 is 0 Å². The Hall–Kier alpha value is -0.640. The second kappa shape index (κ2) is 12.4. The van der Waals surface area contributed by atoms with Gasteiger partial charge in [-0.05, 0) is 6.42 Å². The SMILES string of the molecule is CCCCCCCCCCCC#C[O]. The van der Waals surface area contributed by atoms with Crippen molar-refractivity contribution in [1.82, 2.24) is 0 Å². The predicted molar refractivity (Wildman–Crippen MR) is 60.3 cm³/mol. The lowest BCUT2D eigenvalue weighted by Gasteiger charge is -1.99. The predicted octanol–water partition coefficient (Wildman–Crippen LogP) is 4.30. The van der Waals surface area contributed by atoms with Gasteiger partial charge < -0.3 is 0 Å². The molecule has 0 fully saturated rings. The minimum Gasteiger partial charge on any atom is -0.224 e. The first kappa shape index (κ1) is 13.4. The first-order valence-electron chi connectivity index (χ1n) is 6.01. The lowest BCUT2D eigenvalue weighted by atomic mass is 10.1. The van der Waals surface area contributed by atoms with Crippen molar-refractivity contribution in [3.05, 3.63) is 0 Å². The maximum absolute atomic E-state index is 9.80. The van der Waals surface area contributed by atoms with Crippen LogP contribution in [0.15, 0.2) is 0 Å². The van der Waals surface area contributed by atoms with Crippen LogP contribution in [0.25, 0.3) is 0 Å². The fraction of sp³-hybridized carbons (Fsp3) is 0.846. The van der Waals surface area contributed by atoms with Gasteiger partial charge in [-0.1, -0.05) is 64.2 Å². The summed E-state index contributed by atoms with van der Waals surface area (Å²) in [5.41, 5.74) is 0. The number of hydrogen-bond acceptors (Lipinski definition) is 0. The van der Waals surface area contributed by atoms with Gasteiger partial charge >= 0.3 is 0 Å². The summed E-state index contributed by atoms with van der Waals surface area (Å²) in [6, 6.07) is 0. The molecule has 1 radical (unpaired) electrons. The summed E-state index contributed by atoms with van der Waals surface area (Å²) in [5.74, 6) is 2.56. The highest BCUT2D eigenvalue weighted by atomic mass is 16.2. The van der Waals surface area contributed by atoms with Gasteiger partial charge in [0.25, 0.3) is 0 Å². The van der Waals surface area contributed by atoms with Gasteiger partial charge in [-0.2, -0.15) is 0 Å². The molecule has 0 amide bonds. The molecule has 0 unspecified atom stereocenters. The van der Waals surface area contributed by atoms with Crippen molar-refractivity contribution < 1.29 is 5.11 Å². The quantitative estimate of drug-likeness (QED) is 0.386. The van der Waals surface area contributed by atoms with Gasteiger partial charge in [-0.15, -0.1) is 0 Å². The van der Waals surface area contributed by atoms with Crippen molar-refractivity contribution in [1.29, 1.82) is 0 Å².